The van der Waals surface area contributed by atoms with Crippen LogP contribution in [0.5, 0.6) is 0 Å². The van der Waals surface area contributed by atoms with Crippen LogP contribution in [0, 0.1) is 0 Å². The fraction of sp³-hybridized carbons (Fsp3) is 0.143. The molecule has 4 aromatic rings. The standard InChI is InChI=1S/C21H18Cl2N4O4S2/c1-31-11-14-6-3-7-16-18(14)21(26-33(29,30)17-9-15(22)19(23)32-17)25-27(16)10-12-4-2-5-13(8-12)20(24)28/h2-9H,10-11H2,1H3,(H2,24,28)(H,25,26). The predicted octanol–water partition coefficient (Wildman–Crippen LogP) is 4.50. The number of carbonyl (C=O) groups is 1. The molecule has 0 unspecified atom stereocenters. The molecule has 12 heteroatoms. The number of halogens is 2. The number of ether oxygens (including phenoxy) is 1. The van der Waals surface area contributed by atoms with Gasteiger partial charge in [0.2, 0.25) is 5.91 Å². The molecule has 3 N–H and O–H groups in total. The van der Waals surface area contributed by atoms with Crippen LogP contribution in [0.15, 0.2) is 52.7 Å². The highest BCUT2D eigenvalue weighted by molar-refractivity contribution is 7.94. The minimum Gasteiger partial charge on any atom is -0.380 e. The smallest absolute Gasteiger partial charge is 0.272 e. The fourth-order valence-electron chi connectivity index (χ4n) is 3.40. The van der Waals surface area contributed by atoms with E-state index >= 15 is 0 Å². The average Bonchev–Trinajstić information content (AvgIpc) is 3.29. The molecule has 0 bridgehead atoms. The van der Waals surface area contributed by atoms with Gasteiger partial charge in [0.05, 0.1) is 29.1 Å². The van der Waals surface area contributed by atoms with Crippen molar-refractivity contribution in [2.24, 2.45) is 5.73 Å². The number of primary amides is 1. The predicted molar refractivity (Wildman–Crippen MR) is 130 cm³/mol. The van der Waals surface area contributed by atoms with Crippen molar-refractivity contribution in [3.05, 3.63) is 74.6 Å². The molecule has 2 heterocycles. The Morgan fingerprint density at radius 3 is 2.64 bits per heavy atom. The van der Waals surface area contributed by atoms with Crippen LogP contribution in [0.3, 0.4) is 0 Å². The third-order valence-electron chi connectivity index (χ3n) is 4.83. The molecule has 33 heavy (non-hydrogen) atoms. The van der Waals surface area contributed by atoms with E-state index in [0.717, 1.165) is 22.5 Å². The van der Waals surface area contributed by atoms with Crippen molar-refractivity contribution >= 4 is 67.2 Å². The Labute approximate surface area is 203 Å². The summed E-state index contributed by atoms with van der Waals surface area (Å²) in [5, 5.41) is 5.29. The van der Waals surface area contributed by atoms with Crippen molar-refractivity contribution in [2.45, 2.75) is 17.4 Å². The Morgan fingerprint density at radius 1 is 1.21 bits per heavy atom. The number of rotatable bonds is 8. The molecule has 4 rings (SSSR count). The van der Waals surface area contributed by atoms with Crippen LogP contribution in [-0.4, -0.2) is 31.2 Å². The zero-order chi connectivity index (χ0) is 23.8. The summed E-state index contributed by atoms with van der Waals surface area (Å²) in [4.78, 5) is 11.5. The molecule has 2 aromatic heterocycles. The summed E-state index contributed by atoms with van der Waals surface area (Å²) in [6, 6.07) is 13.7. The van der Waals surface area contributed by atoms with E-state index in [1.807, 2.05) is 24.3 Å². The largest absolute Gasteiger partial charge is 0.380 e. The molecule has 8 nitrogen and oxygen atoms in total. The van der Waals surface area contributed by atoms with Crippen molar-refractivity contribution in [1.82, 2.24) is 9.78 Å². The molecule has 0 radical (unpaired) electrons. The van der Waals surface area contributed by atoms with Crippen LogP contribution in [-0.2, 0) is 27.9 Å². The van der Waals surface area contributed by atoms with Gasteiger partial charge in [-0.25, -0.2) is 8.42 Å². The quantitative estimate of drug-likeness (QED) is 0.352. The molecule has 0 atom stereocenters. The number of carbonyl (C=O) groups excluding carboxylic acids is 1. The van der Waals surface area contributed by atoms with E-state index in [1.54, 1.807) is 30.0 Å². The summed E-state index contributed by atoms with van der Waals surface area (Å²) in [6.45, 7) is 0.540. The minimum atomic E-state index is -3.99. The second-order valence-corrected chi connectivity index (χ2v) is 11.1. The molecule has 0 fully saturated rings. The normalized spacial score (nSPS) is 11.7. The first-order chi connectivity index (χ1) is 15.7. The molecule has 0 saturated heterocycles. The van der Waals surface area contributed by atoms with E-state index in [9.17, 15) is 13.2 Å². The first kappa shape index (κ1) is 23.5. The Morgan fingerprint density at radius 2 is 1.97 bits per heavy atom. The van der Waals surface area contributed by atoms with Crippen LogP contribution in [0.1, 0.15) is 21.5 Å². The molecule has 172 valence electrons. The summed E-state index contributed by atoms with van der Waals surface area (Å²) < 4.78 is 35.7. The zero-order valence-corrected chi connectivity index (χ0v) is 20.4. The Bertz CT molecular complexity index is 1440. The lowest BCUT2D eigenvalue weighted by molar-refractivity contribution is 0.1000. The van der Waals surface area contributed by atoms with Crippen molar-refractivity contribution < 1.29 is 17.9 Å². The highest BCUT2D eigenvalue weighted by Gasteiger charge is 2.24. The number of methoxy groups -OCH3 is 1. The van der Waals surface area contributed by atoms with Crippen LogP contribution >= 0.6 is 34.5 Å². The summed E-state index contributed by atoms with van der Waals surface area (Å²) in [7, 11) is -2.44. The first-order valence-electron chi connectivity index (χ1n) is 9.53. The van der Waals surface area contributed by atoms with Gasteiger partial charge in [-0.2, -0.15) is 5.10 Å². The number of hydrogen-bond donors (Lipinski definition) is 2. The van der Waals surface area contributed by atoms with Gasteiger partial charge in [0.15, 0.2) is 5.82 Å². The lowest BCUT2D eigenvalue weighted by atomic mass is 10.1. The van der Waals surface area contributed by atoms with E-state index in [1.165, 1.54) is 6.07 Å². The Kier molecular flexibility index (Phi) is 6.64. The van der Waals surface area contributed by atoms with Gasteiger partial charge >= 0.3 is 0 Å². The van der Waals surface area contributed by atoms with Gasteiger partial charge in [0, 0.05) is 12.7 Å². The maximum atomic E-state index is 13.0. The van der Waals surface area contributed by atoms with E-state index in [0.29, 0.717) is 16.5 Å². The lowest BCUT2D eigenvalue weighted by Gasteiger charge is -2.07. The number of anilines is 1. The molecule has 0 spiro atoms. The number of amides is 1. The molecule has 0 aliphatic rings. The Balaban J connectivity index is 1.81. The average molecular weight is 525 g/mol. The molecule has 0 aliphatic heterocycles. The topological polar surface area (TPSA) is 116 Å². The summed E-state index contributed by atoms with van der Waals surface area (Å²) in [5.74, 6) is -0.393. The van der Waals surface area contributed by atoms with Crippen LogP contribution in [0.2, 0.25) is 9.36 Å². The van der Waals surface area contributed by atoms with E-state index in [4.69, 9.17) is 33.7 Å². The van der Waals surface area contributed by atoms with Gasteiger partial charge in [-0.3, -0.25) is 14.2 Å². The van der Waals surface area contributed by atoms with E-state index in [2.05, 4.69) is 9.82 Å². The van der Waals surface area contributed by atoms with Gasteiger partial charge in [-0.05, 0) is 35.4 Å². The van der Waals surface area contributed by atoms with Gasteiger partial charge in [-0.15, -0.1) is 11.3 Å². The number of hydrogen-bond acceptors (Lipinski definition) is 6. The second kappa shape index (κ2) is 9.32. The fourth-order valence-corrected chi connectivity index (χ4v) is 6.29. The van der Waals surface area contributed by atoms with E-state index in [-0.39, 0.29) is 32.5 Å². The molecular weight excluding hydrogens is 507 g/mol. The second-order valence-electron chi connectivity index (χ2n) is 7.11. The zero-order valence-electron chi connectivity index (χ0n) is 17.2. The third kappa shape index (κ3) is 4.85. The number of nitrogens with one attached hydrogen (secondary N) is 1. The van der Waals surface area contributed by atoms with Crippen LogP contribution in [0.25, 0.3) is 10.9 Å². The number of benzene rings is 2. The van der Waals surface area contributed by atoms with Crippen LogP contribution in [0.4, 0.5) is 5.82 Å². The van der Waals surface area contributed by atoms with Crippen molar-refractivity contribution in [3.63, 3.8) is 0 Å². The number of fused-ring (bicyclic) bond motifs is 1. The highest BCUT2D eigenvalue weighted by Crippen LogP contribution is 2.36. The monoisotopic (exact) mass is 524 g/mol. The summed E-state index contributed by atoms with van der Waals surface area (Å²) in [6.07, 6.45) is 0. The lowest BCUT2D eigenvalue weighted by Crippen LogP contribution is -2.13. The molecule has 0 saturated carbocycles. The SMILES string of the molecule is COCc1cccc2c1c(NS(=O)(=O)c1cc(Cl)c(Cl)s1)nn2Cc1cccc(C(N)=O)c1. The maximum Gasteiger partial charge on any atom is 0.272 e. The summed E-state index contributed by atoms with van der Waals surface area (Å²) >= 11 is 12.8. The van der Waals surface area contributed by atoms with E-state index < -0.39 is 15.9 Å². The Hall–Kier alpha value is -2.63. The molecule has 1 amide bonds. The third-order valence-corrected chi connectivity index (χ3v) is 8.50. The number of nitrogens with zero attached hydrogens (tertiary/aromatic N) is 2. The van der Waals surface area contributed by atoms with Crippen molar-refractivity contribution in [2.75, 3.05) is 11.8 Å². The van der Waals surface area contributed by atoms with Gasteiger partial charge < -0.3 is 10.5 Å². The van der Waals surface area contributed by atoms with Gasteiger partial charge in [0.1, 0.15) is 8.55 Å². The molecule has 0 aliphatic carbocycles. The minimum absolute atomic E-state index is 0.0291. The van der Waals surface area contributed by atoms with Crippen molar-refractivity contribution in [1.29, 1.82) is 0 Å². The summed E-state index contributed by atoms with van der Waals surface area (Å²) in [5.41, 5.74) is 7.99. The number of aromatic nitrogens is 2. The maximum absolute atomic E-state index is 13.0. The van der Waals surface area contributed by atoms with Crippen LogP contribution < -0.4 is 10.5 Å². The van der Waals surface area contributed by atoms with Gasteiger partial charge in [-0.1, -0.05) is 47.5 Å². The number of thiophene rings is 1. The molecular formula is C21H18Cl2N4O4S2. The highest BCUT2D eigenvalue weighted by atomic mass is 35.5. The molecule has 2 aromatic carbocycles. The first-order valence-corrected chi connectivity index (χ1v) is 12.6. The van der Waals surface area contributed by atoms with Crippen molar-refractivity contribution in [3.8, 4) is 0 Å². The van der Waals surface area contributed by atoms with Gasteiger partial charge in [0.25, 0.3) is 10.0 Å². The number of nitrogens with two attached hydrogens (primary N) is 1. The number of sulfonamides is 1.